The first kappa shape index (κ1) is 14.4. The zero-order chi connectivity index (χ0) is 15.4. The summed E-state index contributed by atoms with van der Waals surface area (Å²) in [6.45, 7) is 0. The van der Waals surface area contributed by atoms with Crippen LogP contribution in [0, 0.1) is 5.82 Å². The zero-order valence-electron chi connectivity index (χ0n) is 12.1. The van der Waals surface area contributed by atoms with Crippen LogP contribution >= 0.6 is 0 Å². The molecule has 0 saturated heterocycles. The Labute approximate surface area is 128 Å². The number of anilines is 2. The lowest BCUT2D eigenvalue weighted by atomic mass is 10.2. The Kier molecular flexibility index (Phi) is 4.27. The number of carbonyl (C=O) groups is 1. The van der Waals surface area contributed by atoms with Crippen molar-refractivity contribution in [1.82, 2.24) is 15.5 Å². The predicted octanol–water partition coefficient (Wildman–Crippen LogP) is 3.03. The zero-order valence-corrected chi connectivity index (χ0v) is 12.1. The molecule has 0 unspecified atom stereocenters. The van der Waals surface area contributed by atoms with Gasteiger partial charge in [0.25, 0.3) is 5.91 Å². The minimum atomic E-state index is -0.296. The minimum absolute atomic E-state index is 0.187. The number of aromatic nitrogens is 2. The third-order valence-corrected chi connectivity index (χ3v) is 3.70. The van der Waals surface area contributed by atoms with E-state index in [0.717, 1.165) is 25.7 Å². The molecule has 1 aliphatic carbocycles. The number of nitrogens with zero attached hydrogens (tertiary/aromatic N) is 2. The summed E-state index contributed by atoms with van der Waals surface area (Å²) in [6.07, 6.45) is 4.39. The number of hydrogen-bond acceptors (Lipinski definition) is 4. The molecule has 1 aromatic carbocycles. The van der Waals surface area contributed by atoms with Gasteiger partial charge in [-0.05, 0) is 49.2 Å². The molecule has 2 aromatic rings. The highest BCUT2D eigenvalue weighted by atomic mass is 19.1. The van der Waals surface area contributed by atoms with Crippen LogP contribution in [0.4, 0.5) is 15.9 Å². The molecule has 0 bridgehead atoms. The molecule has 0 aliphatic heterocycles. The van der Waals surface area contributed by atoms with Crippen LogP contribution in [0.2, 0.25) is 0 Å². The largest absolute Gasteiger partial charge is 0.348 e. The van der Waals surface area contributed by atoms with Crippen molar-refractivity contribution in [2.45, 2.75) is 31.7 Å². The first-order valence-electron chi connectivity index (χ1n) is 7.38. The SMILES string of the molecule is O=C(NC1CCCC1)c1ccc(Nc2ccc(F)cc2)nn1. The average Bonchev–Trinajstić information content (AvgIpc) is 3.03. The summed E-state index contributed by atoms with van der Waals surface area (Å²) < 4.78 is 12.8. The highest BCUT2D eigenvalue weighted by Gasteiger charge is 2.18. The fourth-order valence-corrected chi connectivity index (χ4v) is 2.53. The van der Waals surface area contributed by atoms with Crippen LogP contribution in [-0.4, -0.2) is 22.1 Å². The number of halogens is 1. The third-order valence-electron chi connectivity index (χ3n) is 3.70. The molecule has 0 radical (unpaired) electrons. The van der Waals surface area contributed by atoms with E-state index in [1.54, 1.807) is 24.3 Å². The first-order valence-corrected chi connectivity index (χ1v) is 7.38. The molecule has 1 fully saturated rings. The maximum Gasteiger partial charge on any atom is 0.272 e. The fourth-order valence-electron chi connectivity index (χ4n) is 2.53. The number of carbonyl (C=O) groups excluding carboxylic acids is 1. The Bertz CT molecular complexity index is 636. The Morgan fingerprint density at radius 1 is 1.05 bits per heavy atom. The maximum absolute atomic E-state index is 12.8. The molecule has 22 heavy (non-hydrogen) atoms. The van der Waals surface area contributed by atoms with E-state index in [-0.39, 0.29) is 17.8 Å². The Morgan fingerprint density at radius 2 is 1.77 bits per heavy atom. The molecule has 2 N–H and O–H groups in total. The molecule has 0 atom stereocenters. The highest BCUT2D eigenvalue weighted by molar-refractivity contribution is 5.92. The van der Waals surface area contributed by atoms with Gasteiger partial charge in [0.2, 0.25) is 0 Å². The van der Waals surface area contributed by atoms with Crippen molar-refractivity contribution in [3.05, 3.63) is 47.9 Å². The van der Waals surface area contributed by atoms with Crippen molar-refractivity contribution < 1.29 is 9.18 Å². The van der Waals surface area contributed by atoms with E-state index in [0.29, 0.717) is 17.2 Å². The van der Waals surface area contributed by atoms with E-state index in [9.17, 15) is 9.18 Å². The number of rotatable bonds is 4. The van der Waals surface area contributed by atoms with E-state index in [4.69, 9.17) is 0 Å². The summed E-state index contributed by atoms with van der Waals surface area (Å²) in [5.74, 6) is 0.0207. The van der Waals surface area contributed by atoms with E-state index < -0.39 is 0 Å². The topological polar surface area (TPSA) is 66.9 Å². The van der Waals surface area contributed by atoms with E-state index in [1.807, 2.05) is 0 Å². The summed E-state index contributed by atoms with van der Waals surface area (Å²) in [6, 6.07) is 9.50. The van der Waals surface area contributed by atoms with Gasteiger partial charge >= 0.3 is 0 Å². The summed E-state index contributed by atoms with van der Waals surface area (Å²) >= 11 is 0. The molecule has 1 aromatic heterocycles. The quantitative estimate of drug-likeness (QED) is 0.911. The summed E-state index contributed by atoms with van der Waals surface area (Å²) in [4.78, 5) is 12.0. The third kappa shape index (κ3) is 3.58. The van der Waals surface area contributed by atoms with Gasteiger partial charge in [-0.25, -0.2) is 4.39 Å². The lowest BCUT2D eigenvalue weighted by Crippen LogP contribution is -2.33. The second kappa shape index (κ2) is 6.51. The van der Waals surface area contributed by atoms with Gasteiger partial charge in [-0.15, -0.1) is 10.2 Å². The smallest absolute Gasteiger partial charge is 0.272 e. The van der Waals surface area contributed by atoms with Crippen molar-refractivity contribution in [2.24, 2.45) is 0 Å². The van der Waals surface area contributed by atoms with Gasteiger partial charge in [0.1, 0.15) is 5.82 Å². The van der Waals surface area contributed by atoms with Gasteiger partial charge in [-0.1, -0.05) is 12.8 Å². The molecule has 114 valence electrons. The average molecular weight is 300 g/mol. The van der Waals surface area contributed by atoms with Gasteiger partial charge in [-0.3, -0.25) is 4.79 Å². The highest BCUT2D eigenvalue weighted by Crippen LogP contribution is 2.18. The van der Waals surface area contributed by atoms with E-state index in [1.165, 1.54) is 12.1 Å². The number of hydrogen-bond donors (Lipinski definition) is 2. The molecule has 6 heteroatoms. The molecular weight excluding hydrogens is 283 g/mol. The summed E-state index contributed by atoms with van der Waals surface area (Å²) in [5, 5.41) is 13.9. The maximum atomic E-state index is 12.8. The number of nitrogens with one attached hydrogen (secondary N) is 2. The normalized spacial score (nSPS) is 14.8. The molecule has 1 amide bonds. The predicted molar refractivity (Wildman–Crippen MR) is 81.4 cm³/mol. The van der Waals surface area contributed by atoms with Gasteiger partial charge in [0, 0.05) is 11.7 Å². The van der Waals surface area contributed by atoms with Crippen LogP contribution in [0.5, 0.6) is 0 Å². The molecule has 1 heterocycles. The van der Waals surface area contributed by atoms with Crippen molar-refractivity contribution in [3.8, 4) is 0 Å². The van der Waals surface area contributed by atoms with Crippen molar-refractivity contribution in [1.29, 1.82) is 0 Å². The monoisotopic (exact) mass is 300 g/mol. The van der Waals surface area contributed by atoms with E-state index in [2.05, 4.69) is 20.8 Å². The molecule has 1 saturated carbocycles. The summed E-state index contributed by atoms with van der Waals surface area (Å²) in [7, 11) is 0. The molecule has 0 spiro atoms. The number of benzene rings is 1. The molecule has 1 aliphatic rings. The lowest BCUT2D eigenvalue weighted by molar-refractivity contribution is 0.0932. The molecule has 5 nitrogen and oxygen atoms in total. The Morgan fingerprint density at radius 3 is 2.41 bits per heavy atom. The second-order valence-electron chi connectivity index (χ2n) is 5.39. The van der Waals surface area contributed by atoms with Crippen molar-refractivity contribution >= 4 is 17.4 Å². The lowest BCUT2D eigenvalue weighted by Gasteiger charge is -2.11. The Balaban J connectivity index is 1.61. The van der Waals surface area contributed by atoms with Crippen LogP contribution in [0.25, 0.3) is 0 Å². The van der Waals surface area contributed by atoms with Crippen LogP contribution in [0.1, 0.15) is 36.2 Å². The number of amides is 1. The van der Waals surface area contributed by atoms with Crippen LogP contribution in [0.3, 0.4) is 0 Å². The van der Waals surface area contributed by atoms with Crippen molar-refractivity contribution in [3.63, 3.8) is 0 Å². The molecular formula is C16H17FN4O. The fraction of sp³-hybridized carbons (Fsp3) is 0.312. The summed E-state index contributed by atoms with van der Waals surface area (Å²) in [5.41, 5.74) is 1.01. The van der Waals surface area contributed by atoms with Gasteiger partial charge in [0.15, 0.2) is 11.5 Å². The van der Waals surface area contributed by atoms with Gasteiger partial charge in [0.05, 0.1) is 0 Å². The van der Waals surface area contributed by atoms with Crippen LogP contribution in [0.15, 0.2) is 36.4 Å². The van der Waals surface area contributed by atoms with Crippen molar-refractivity contribution in [2.75, 3.05) is 5.32 Å². The van der Waals surface area contributed by atoms with Gasteiger partial charge < -0.3 is 10.6 Å². The van der Waals surface area contributed by atoms with Gasteiger partial charge in [-0.2, -0.15) is 0 Å². The first-order chi connectivity index (χ1) is 10.7. The minimum Gasteiger partial charge on any atom is -0.348 e. The van der Waals surface area contributed by atoms with Crippen LogP contribution < -0.4 is 10.6 Å². The van der Waals surface area contributed by atoms with E-state index >= 15 is 0 Å². The molecule has 3 rings (SSSR count). The Hall–Kier alpha value is -2.50. The second-order valence-corrected chi connectivity index (χ2v) is 5.39. The van der Waals surface area contributed by atoms with Crippen LogP contribution in [-0.2, 0) is 0 Å². The standard InChI is InChI=1S/C16H17FN4O/c17-11-5-7-13(8-6-11)18-15-10-9-14(20-21-15)16(22)19-12-3-1-2-4-12/h5-10,12H,1-4H2,(H,18,21)(H,19,22).